The highest BCUT2D eigenvalue weighted by Crippen LogP contribution is 2.26. The van der Waals surface area contributed by atoms with Crippen molar-refractivity contribution in [1.29, 1.82) is 0 Å². The summed E-state index contributed by atoms with van der Waals surface area (Å²) in [6.07, 6.45) is 0. The summed E-state index contributed by atoms with van der Waals surface area (Å²) in [5, 5.41) is 12.8. The average molecular weight is 246 g/mol. The van der Waals surface area contributed by atoms with Gasteiger partial charge in [-0.2, -0.15) is 4.98 Å². The van der Waals surface area contributed by atoms with Gasteiger partial charge in [0.05, 0.1) is 6.61 Å². The fraction of sp³-hybridized carbons (Fsp3) is 0.333. The topological polar surface area (TPSA) is 88.4 Å². The molecular formula is C12H14N4O2. The number of hydrogen-bond donors (Lipinski definition) is 2. The molecule has 1 aliphatic rings. The van der Waals surface area contributed by atoms with Crippen LogP contribution in [0.4, 0.5) is 5.95 Å². The molecule has 0 aliphatic carbocycles. The van der Waals surface area contributed by atoms with Crippen LogP contribution in [0.25, 0.3) is 0 Å². The van der Waals surface area contributed by atoms with Crippen molar-refractivity contribution in [2.75, 3.05) is 11.5 Å². The van der Waals surface area contributed by atoms with Gasteiger partial charge in [-0.05, 0) is 16.3 Å². The number of hydrogen-bond acceptors (Lipinski definition) is 6. The van der Waals surface area contributed by atoms with Gasteiger partial charge in [-0.15, -0.1) is 0 Å². The Morgan fingerprint density at radius 2 is 2.00 bits per heavy atom. The molecule has 0 unspecified atom stereocenters. The Morgan fingerprint density at radius 1 is 1.33 bits per heavy atom. The van der Waals surface area contributed by atoms with E-state index in [-0.39, 0.29) is 12.5 Å². The molecule has 0 saturated carbocycles. The van der Waals surface area contributed by atoms with E-state index >= 15 is 0 Å². The molecule has 6 heteroatoms. The predicted octanol–water partition coefficient (Wildman–Crippen LogP) is 0.582. The maximum atomic E-state index is 8.94. The smallest absolute Gasteiger partial charge is 0.266 e. The number of rotatable bonds is 3. The summed E-state index contributed by atoms with van der Waals surface area (Å²) in [5.41, 5.74) is 8.17. The van der Waals surface area contributed by atoms with E-state index in [1.165, 1.54) is 11.1 Å². The first-order valence-corrected chi connectivity index (χ1v) is 5.79. The van der Waals surface area contributed by atoms with Crippen LogP contribution in [0.1, 0.15) is 23.1 Å². The number of nitrogens with two attached hydrogens (primary N) is 1. The SMILES string of the molecule is N[C@@H](CO)c1nc(N2Cc3ccccc3C2)no1. The lowest BCUT2D eigenvalue weighted by molar-refractivity contribution is 0.237. The molecule has 6 nitrogen and oxygen atoms in total. The molecule has 2 heterocycles. The molecular weight excluding hydrogens is 232 g/mol. The third kappa shape index (κ3) is 1.85. The van der Waals surface area contributed by atoms with E-state index < -0.39 is 6.04 Å². The molecule has 1 aromatic heterocycles. The van der Waals surface area contributed by atoms with Crippen LogP contribution in [0.2, 0.25) is 0 Å². The zero-order valence-corrected chi connectivity index (χ0v) is 9.78. The van der Waals surface area contributed by atoms with Crippen molar-refractivity contribution in [3.05, 3.63) is 41.3 Å². The van der Waals surface area contributed by atoms with Gasteiger partial charge in [0.15, 0.2) is 0 Å². The molecule has 94 valence electrons. The third-order valence-electron chi connectivity index (χ3n) is 3.07. The predicted molar refractivity (Wildman–Crippen MR) is 64.6 cm³/mol. The van der Waals surface area contributed by atoms with Crippen molar-refractivity contribution in [3.8, 4) is 0 Å². The van der Waals surface area contributed by atoms with E-state index in [0.717, 1.165) is 13.1 Å². The molecule has 3 rings (SSSR count). The van der Waals surface area contributed by atoms with E-state index in [2.05, 4.69) is 22.3 Å². The van der Waals surface area contributed by atoms with Crippen molar-refractivity contribution in [3.63, 3.8) is 0 Å². The Balaban J connectivity index is 1.80. The Morgan fingerprint density at radius 3 is 2.61 bits per heavy atom. The number of nitrogens with zero attached hydrogens (tertiary/aromatic N) is 3. The van der Waals surface area contributed by atoms with Crippen LogP contribution in [-0.2, 0) is 13.1 Å². The van der Waals surface area contributed by atoms with Crippen LogP contribution in [0, 0.1) is 0 Å². The highest BCUT2D eigenvalue weighted by molar-refractivity contribution is 5.42. The van der Waals surface area contributed by atoms with Gasteiger partial charge in [0.25, 0.3) is 5.95 Å². The minimum Gasteiger partial charge on any atom is -0.394 e. The minimum atomic E-state index is -0.615. The maximum absolute atomic E-state index is 8.94. The largest absolute Gasteiger partial charge is 0.394 e. The summed E-state index contributed by atoms with van der Waals surface area (Å²) in [6, 6.07) is 7.61. The molecule has 0 saturated heterocycles. The van der Waals surface area contributed by atoms with Gasteiger partial charge in [0, 0.05) is 13.1 Å². The summed E-state index contributed by atoms with van der Waals surface area (Å²) < 4.78 is 5.04. The Kier molecular flexibility index (Phi) is 2.73. The number of fused-ring (bicyclic) bond motifs is 1. The molecule has 0 radical (unpaired) electrons. The number of aromatic nitrogens is 2. The van der Waals surface area contributed by atoms with Crippen molar-refractivity contribution < 1.29 is 9.63 Å². The first kappa shape index (κ1) is 11.2. The van der Waals surface area contributed by atoms with Crippen LogP contribution in [0.5, 0.6) is 0 Å². The first-order chi connectivity index (χ1) is 8.78. The summed E-state index contributed by atoms with van der Waals surface area (Å²) in [6.45, 7) is 1.33. The number of aliphatic hydroxyl groups excluding tert-OH is 1. The minimum absolute atomic E-state index is 0.206. The quantitative estimate of drug-likeness (QED) is 0.823. The van der Waals surface area contributed by atoms with E-state index in [4.69, 9.17) is 15.4 Å². The molecule has 1 atom stereocenters. The summed E-state index contributed by atoms with van der Waals surface area (Å²) >= 11 is 0. The second-order valence-corrected chi connectivity index (χ2v) is 4.35. The Labute approximate surface area is 104 Å². The molecule has 18 heavy (non-hydrogen) atoms. The van der Waals surface area contributed by atoms with Crippen LogP contribution >= 0.6 is 0 Å². The van der Waals surface area contributed by atoms with Gasteiger partial charge >= 0.3 is 0 Å². The van der Waals surface area contributed by atoms with E-state index in [0.29, 0.717) is 5.95 Å². The number of benzene rings is 1. The van der Waals surface area contributed by atoms with Crippen LogP contribution in [0.3, 0.4) is 0 Å². The molecule has 1 aliphatic heterocycles. The fourth-order valence-electron chi connectivity index (χ4n) is 2.06. The van der Waals surface area contributed by atoms with Gasteiger partial charge in [-0.25, -0.2) is 0 Å². The summed E-state index contributed by atoms with van der Waals surface area (Å²) in [4.78, 5) is 6.22. The van der Waals surface area contributed by atoms with Crippen molar-refractivity contribution >= 4 is 5.95 Å². The molecule has 0 amide bonds. The van der Waals surface area contributed by atoms with Gasteiger partial charge in [0.1, 0.15) is 6.04 Å². The standard InChI is InChI=1S/C12H14N4O2/c13-10(7-17)11-14-12(15-18-11)16-5-8-3-1-2-4-9(8)6-16/h1-4,10,17H,5-7,13H2/t10-/m0/s1. The van der Waals surface area contributed by atoms with Crippen molar-refractivity contribution in [1.82, 2.24) is 10.1 Å². The van der Waals surface area contributed by atoms with E-state index in [1.807, 2.05) is 17.0 Å². The zero-order valence-electron chi connectivity index (χ0n) is 9.78. The zero-order chi connectivity index (χ0) is 12.5. The number of anilines is 1. The summed E-state index contributed by atoms with van der Waals surface area (Å²) in [7, 11) is 0. The fourth-order valence-corrected chi connectivity index (χ4v) is 2.06. The Bertz CT molecular complexity index is 530. The van der Waals surface area contributed by atoms with Crippen LogP contribution in [0.15, 0.2) is 28.8 Å². The van der Waals surface area contributed by atoms with E-state index in [1.54, 1.807) is 0 Å². The lowest BCUT2D eigenvalue weighted by Crippen LogP contribution is -2.17. The third-order valence-corrected chi connectivity index (χ3v) is 3.07. The van der Waals surface area contributed by atoms with Gasteiger partial charge < -0.3 is 20.3 Å². The first-order valence-electron chi connectivity index (χ1n) is 5.79. The lowest BCUT2D eigenvalue weighted by atomic mass is 10.1. The lowest BCUT2D eigenvalue weighted by Gasteiger charge is -2.10. The second kappa shape index (κ2) is 4.40. The van der Waals surface area contributed by atoms with Crippen LogP contribution in [-0.4, -0.2) is 21.9 Å². The average Bonchev–Trinajstić information content (AvgIpc) is 3.03. The molecule has 1 aromatic carbocycles. The highest BCUT2D eigenvalue weighted by atomic mass is 16.5. The monoisotopic (exact) mass is 246 g/mol. The molecule has 0 bridgehead atoms. The number of aliphatic hydroxyl groups is 1. The Hall–Kier alpha value is -1.92. The molecule has 3 N–H and O–H groups in total. The summed E-state index contributed by atoms with van der Waals surface area (Å²) in [5.74, 6) is 0.786. The normalized spacial score (nSPS) is 15.8. The second-order valence-electron chi connectivity index (χ2n) is 4.35. The maximum Gasteiger partial charge on any atom is 0.266 e. The molecule has 0 fully saturated rings. The van der Waals surface area contributed by atoms with Crippen molar-refractivity contribution in [2.24, 2.45) is 5.73 Å². The van der Waals surface area contributed by atoms with Crippen molar-refractivity contribution in [2.45, 2.75) is 19.1 Å². The molecule has 2 aromatic rings. The molecule has 0 spiro atoms. The van der Waals surface area contributed by atoms with E-state index in [9.17, 15) is 0 Å². The van der Waals surface area contributed by atoms with Crippen LogP contribution < -0.4 is 10.6 Å². The van der Waals surface area contributed by atoms with Gasteiger partial charge in [-0.3, -0.25) is 0 Å². The van der Waals surface area contributed by atoms with Gasteiger partial charge in [0.2, 0.25) is 5.89 Å². The van der Waals surface area contributed by atoms with Gasteiger partial charge in [-0.1, -0.05) is 24.3 Å². The highest BCUT2D eigenvalue weighted by Gasteiger charge is 2.23.